The molecule has 1 aliphatic heterocycles. The zero-order valence-corrected chi connectivity index (χ0v) is 13.8. The molecule has 2 amide bonds. The normalized spacial score (nSPS) is 18.6. The van der Waals surface area contributed by atoms with E-state index in [1.165, 1.54) is 0 Å². The van der Waals surface area contributed by atoms with Gasteiger partial charge in [-0.05, 0) is 49.1 Å². The average Bonchev–Trinajstić information content (AvgIpc) is 3.47. The van der Waals surface area contributed by atoms with E-state index in [4.69, 9.17) is 4.74 Å². The van der Waals surface area contributed by atoms with E-state index >= 15 is 0 Å². The molecule has 5 heteroatoms. The number of carbonyl (C=O) groups is 2. The van der Waals surface area contributed by atoms with Crippen molar-refractivity contribution in [2.45, 2.75) is 25.3 Å². The summed E-state index contributed by atoms with van der Waals surface area (Å²) in [6.07, 6.45) is 2.66. The highest BCUT2D eigenvalue weighted by Crippen LogP contribution is 2.30. The molecule has 1 atom stereocenters. The molecule has 1 fully saturated rings. The first-order chi connectivity index (χ1) is 12.2. The van der Waals surface area contributed by atoms with Crippen molar-refractivity contribution in [3.8, 4) is 5.75 Å². The number of anilines is 1. The third-order valence-corrected chi connectivity index (χ3v) is 4.55. The minimum Gasteiger partial charge on any atom is -0.491 e. The van der Waals surface area contributed by atoms with E-state index in [-0.39, 0.29) is 23.8 Å². The van der Waals surface area contributed by atoms with Crippen LogP contribution in [0.2, 0.25) is 0 Å². The highest BCUT2D eigenvalue weighted by atomic mass is 16.5. The summed E-state index contributed by atoms with van der Waals surface area (Å²) in [7, 11) is 0. The molecule has 0 saturated heterocycles. The minimum atomic E-state index is -0.157. The first-order valence-electron chi connectivity index (χ1n) is 8.61. The first kappa shape index (κ1) is 15.7. The number of fused-ring (bicyclic) bond motifs is 1. The Labute approximate surface area is 146 Å². The van der Waals surface area contributed by atoms with Crippen molar-refractivity contribution in [1.29, 1.82) is 0 Å². The van der Waals surface area contributed by atoms with Crippen LogP contribution in [-0.2, 0) is 11.2 Å². The smallest absolute Gasteiger partial charge is 0.251 e. The van der Waals surface area contributed by atoms with Gasteiger partial charge in [-0.2, -0.15) is 0 Å². The van der Waals surface area contributed by atoms with Crippen molar-refractivity contribution in [3.63, 3.8) is 0 Å². The molecule has 5 nitrogen and oxygen atoms in total. The second kappa shape index (κ2) is 6.59. The van der Waals surface area contributed by atoms with Crippen LogP contribution in [0.25, 0.3) is 0 Å². The molecule has 2 aromatic rings. The molecule has 0 bridgehead atoms. The average molecular weight is 336 g/mol. The summed E-state index contributed by atoms with van der Waals surface area (Å²) >= 11 is 0. The van der Waals surface area contributed by atoms with Crippen LogP contribution in [0.4, 0.5) is 5.69 Å². The van der Waals surface area contributed by atoms with Crippen LogP contribution in [0, 0.1) is 5.92 Å². The summed E-state index contributed by atoms with van der Waals surface area (Å²) in [4.78, 5) is 24.4. The van der Waals surface area contributed by atoms with Gasteiger partial charge in [0.1, 0.15) is 12.4 Å². The molecule has 2 aromatic carbocycles. The maximum Gasteiger partial charge on any atom is 0.251 e. The maximum atomic E-state index is 12.5. The van der Waals surface area contributed by atoms with Gasteiger partial charge in [-0.15, -0.1) is 0 Å². The zero-order chi connectivity index (χ0) is 17.2. The molecule has 25 heavy (non-hydrogen) atoms. The third kappa shape index (κ3) is 3.65. The maximum absolute atomic E-state index is 12.5. The summed E-state index contributed by atoms with van der Waals surface area (Å²) in [6.45, 7) is 0.459. The van der Waals surface area contributed by atoms with Crippen molar-refractivity contribution in [3.05, 3.63) is 59.7 Å². The molecular formula is C20H20N2O3. The molecule has 0 spiro atoms. The van der Waals surface area contributed by atoms with Gasteiger partial charge in [-0.3, -0.25) is 9.59 Å². The first-order valence-corrected chi connectivity index (χ1v) is 8.61. The molecule has 0 unspecified atom stereocenters. The Morgan fingerprint density at radius 2 is 1.88 bits per heavy atom. The Balaban J connectivity index is 1.40. The van der Waals surface area contributed by atoms with Crippen LogP contribution in [0.1, 0.15) is 28.8 Å². The molecule has 2 aliphatic rings. The number of rotatable bonds is 4. The number of para-hydroxylation sites is 1. The largest absolute Gasteiger partial charge is 0.491 e. The fraction of sp³-hybridized carbons (Fsp3) is 0.300. The monoisotopic (exact) mass is 336 g/mol. The topological polar surface area (TPSA) is 67.4 Å². The lowest BCUT2D eigenvalue weighted by molar-refractivity contribution is -0.117. The Hall–Kier alpha value is -2.82. The van der Waals surface area contributed by atoms with Crippen LogP contribution in [0.15, 0.2) is 48.5 Å². The van der Waals surface area contributed by atoms with Crippen LogP contribution in [-0.4, -0.2) is 24.5 Å². The SMILES string of the molecule is O=C(N[C@H]1COc2ccccc2C1)c1cccc(NC(=O)C2CC2)c1. The lowest BCUT2D eigenvalue weighted by Crippen LogP contribution is -2.42. The number of ether oxygens (including phenoxy) is 1. The molecule has 0 aromatic heterocycles. The lowest BCUT2D eigenvalue weighted by atomic mass is 10.0. The number of amides is 2. The Bertz CT molecular complexity index is 814. The van der Waals surface area contributed by atoms with Crippen LogP contribution >= 0.6 is 0 Å². The fourth-order valence-corrected chi connectivity index (χ4v) is 3.02. The van der Waals surface area contributed by atoms with Crippen molar-refractivity contribution < 1.29 is 14.3 Å². The summed E-state index contributed by atoms with van der Waals surface area (Å²) < 4.78 is 5.71. The molecule has 1 saturated carbocycles. The molecule has 4 rings (SSSR count). The lowest BCUT2D eigenvalue weighted by Gasteiger charge is -2.26. The second-order valence-corrected chi connectivity index (χ2v) is 6.64. The highest BCUT2D eigenvalue weighted by molar-refractivity contribution is 5.98. The Morgan fingerprint density at radius 1 is 1.04 bits per heavy atom. The standard InChI is InChI=1S/C20H20N2O3/c23-19(13-8-9-13)21-16-6-3-5-15(11-16)20(24)22-17-10-14-4-1-2-7-18(14)25-12-17/h1-7,11,13,17H,8-10,12H2,(H,21,23)(H,22,24)/t17-/m1/s1. The van der Waals surface area contributed by atoms with E-state index in [2.05, 4.69) is 10.6 Å². The van der Waals surface area contributed by atoms with Gasteiger partial charge < -0.3 is 15.4 Å². The van der Waals surface area contributed by atoms with Gasteiger partial charge >= 0.3 is 0 Å². The van der Waals surface area contributed by atoms with Gasteiger partial charge in [-0.1, -0.05) is 24.3 Å². The summed E-state index contributed by atoms with van der Waals surface area (Å²) in [6, 6.07) is 14.9. The predicted molar refractivity (Wildman–Crippen MR) is 94.7 cm³/mol. The summed E-state index contributed by atoms with van der Waals surface area (Å²) in [5, 5.41) is 5.89. The van der Waals surface area contributed by atoms with Gasteiger partial charge in [0.15, 0.2) is 0 Å². The molecule has 0 radical (unpaired) electrons. The number of benzene rings is 2. The van der Waals surface area contributed by atoms with Crippen LogP contribution < -0.4 is 15.4 Å². The van der Waals surface area contributed by atoms with Gasteiger partial charge in [0.25, 0.3) is 5.91 Å². The van der Waals surface area contributed by atoms with Gasteiger partial charge in [-0.25, -0.2) is 0 Å². The Morgan fingerprint density at radius 3 is 2.72 bits per heavy atom. The van der Waals surface area contributed by atoms with Crippen LogP contribution in [0.5, 0.6) is 5.75 Å². The number of hydrogen-bond donors (Lipinski definition) is 2. The van der Waals surface area contributed by atoms with E-state index in [1.807, 2.05) is 24.3 Å². The third-order valence-electron chi connectivity index (χ3n) is 4.55. The molecular weight excluding hydrogens is 316 g/mol. The van der Waals surface area contributed by atoms with Gasteiger partial charge in [0.2, 0.25) is 5.91 Å². The van der Waals surface area contributed by atoms with Gasteiger partial charge in [0, 0.05) is 17.2 Å². The molecule has 128 valence electrons. The summed E-state index contributed by atoms with van der Waals surface area (Å²) in [5.74, 6) is 0.903. The van der Waals surface area contributed by atoms with Crippen molar-refractivity contribution in [2.24, 2.45) is 5.92 Å². The summed E-state index contributed by atoms with van der Waals surface area (Å²) in [5.41, 5.74) is 2.30. The number of hydrogen-bond acceptors (Lipinski definition) is 3. The van der Waals surface area contributed by atoms with E-state index in [9.17, 15) is 9.59 Å². The Kier molecular flexibility index (Phi) is 4.14. The minimum absolute atomic E-state index is 0.0369. The predicted octanol–water partition coefficient (Wildman–Crippen LogP) is 2.77. The van der Waals surface area contributed by atoms with Gasteiger partial charge in [0.05, 0.1) is 6.04 Å². The second-order valence-electron chi connectivity index (χ2n) is 6.64. The molecule has 1 heterocycles. The van der Waals surface area contributed by atoms with E-state index in [0.717, 1.165) is 30.6 Å². The highest BCUT2D eigenvalue weighted by Gasteiger charge is 2.29. The van der Waals surface area contributed by atoms with Crippen molar-refractivity contribution >= 4 is 17.5 Å². The zero-order valence-electron chi connectivity index (χ0n) is 13.8. The number of nitrogens with one attached hydrogen (secondary N) is 2. The van der Waals surface area contributed by atoms with E-state index in [1.54, 1.807) is 24.3 Å². The van der Waals surface area contributed by atoms with E-state index < -0.39 is 0 Å². The molecule has 1 aliphatic carbocycles. The van der Waals surface area contributed by atoms with Crippen LogP contribution in [0.3, 0.4) is 0 Å². The number of carbonyl (C=O) groups excluding carboxylic acids is 2. The fourth-order valence-electron chi connectivity index (χ4n) is 3.02. The van der Waals surface area contributed by atoms with Crippen molar-refractivity contribution in [2.75, 3.05) is 11.9 Å². The molecule has 2 N–H and O–H groups in total. The van der Waals surface area contributed by atoms with E-state index in [0.29, 0.717) is 17.9 Å². The van der Waals surface area contributed by atoms with Crippen molar-refractivity contribution in [1.82, 2.24) is 5.32 Å². The quantitative estimate of drug-likeness (QED) is 0.902.